The van der Waals surface area contributed by atoms with E-state index in [9.17, 15) is 9.59 Å². The Labute approximate surface area is 89.3 Å². The third-order valence-corrected chi connectivity index (χ3v) is 4.10. The Hall–Kier alpha value is -0.330. The molecule has 2 bridgehead atoms. The second kappa shape index (κ2) is 3.11. The van der Waals surface area contributed by atoms with Gasteiger partial charge in [0.1, 0.15) is 6.10 Å². The molecule has 1 heterocycles. The highest BCUT2D eigenvalue weighted by molar-refractivity contribution is 14.1. The number of amides is 1. The lowest BCUT2D eigenvalue weighted by Gasteiger charge is -2.26. The molecule has 72 valence electrons. The maximum atomic E-state index is 11.3. The lowest BCUT2D eigenvalue weighted by molar-refractivity contribution is -0.145. The van der Waals surface area contributed by atoms with E-state index in [1.807, 2.05) is 0 Å². The Morgan fingerprint density at radius 2 is 2.23 bits per heavy atom. The number of carbonyl (C=O) groups is 2. The summed E-state index contributed by atoms with van der Waals surface area (Å²) in [6, 6.07) is 0. The molecule has 2 aliphatic rings. The van der Waals surface area contributed by atoms with Crippen LogP contribution in [0.1, 0.15) is 12.8 Å². The summed E-state index contributed by atoms with van der Waals surface area (Å²) in [6.07, 6.45) is 1.35. The average Bonchev–Trinajstić information content (AvgIpc) is 2.37. The molecule has 0 spiro atoms. The minimum absolute atomic E-state index is 0.00806. The molecular weight excluding hydrogens is 285 g/mol. The van der Waals surface area contributed by atoms with Crippen LogP contribution < -0.4 is 5.73 Å². The summed E-state index contributed by atoms with van der Waals surface area (Å²) >= 11 is 2.22. The van der Waals surface area contributed by atoms with Crippen LogP contribution in [-0.2, 0) is 14.3 Å². The number of hydrogen-bond acceptors (Lipinski definition) is 3. The van der Waals surface area contributed by atoms with Crippen molar-refractivity contribution < 1.29 is 14.3 Å². The molecule has 5 heteroatoms. The minimum atomic E-state index is -0.371. The summed E-state index contributed by atoms with van der Waals surface area (Å²) in [7, 11) is 0. The normalized spacial score (nSPS) is 43.0. The number of nitrogens with two attached hydrogens (primary N) is 1. The van der Waals surface area contributed by atoms with Gasteiger partial charge in [0.25, 0.3) is 0 Å². The highest BCUT2D eigenvalue weighted by Crippen LogP contribution is 2.41. The van der Waals surface area contributed by atoms with Crippen LogP contribution in [0.3, 0.4) is 0 Å². The van der Waals surface area contributed by atoms with Crippen LogP contribution in [0.15, 0.2) is 0 Å². The molecule has 0 unspecified atom stereocenters. The van der Waals surface area contributed by atoms with E-state index in [-0.39, 0.29) is 33.7 Å². The number of primary amides is 1. The molecule has 1 aliphatic carbocycles. The Morgan fingerprint density at radius 3 is 2.85 bits per heavy atom. The molecule has 0 aromatic carbocycles. The summed E-state index contributed by atoms with van der Waals surface area (Å²) < 4.78 is 5.36. The molecule has 2 rings (SSSR count). The maximum Gasteiger partial charge on any atom is 0.310 e. The zero-order valence-electron chi connectivity index (χ0n) is 6.90. The number of fused-ring (bicyclic) bond motifs is 2. The van der Waals surface area contributed by atoms with Gasteiger partial charge in [-0.1, -0.05) is 22.6 Å². The zero-order valence-corrected chi connectivity index (χ0v) is 9.06. The molecule has 0 aromatic heterocycles. The van der Waals surface area contributed by atoms with Crippen molar-refractivity contribution in [2.45, 2.75) is 22.9 Å². The Bertz CT molecular complexity index is 268. The summed E-state index contributed by atoms with van der Waals surface area (Å²) in [5.74, 6) is -1.20. The molecule has 4 atom stereocenters. The third kappa shape index (κ3) is 1.43. The van der Waals surface area contributed by atoms with E-state index < -0.39 is 0 Å². The van der Waals surface area contributed by atoms with Gasteiger partial charge in [0.15, 0.2) is 0 Å². The lowest BCUT2D eigenvalue weighted by Crippen LogP contribution is -2.38. The van der Waals surface area contributed by atoms with Crippen LogP contribution >= 0.6 is 22.6 Å². The quantitative estimate of drug-likeness (QED) is 0.427. The molecular formula is C8H10INO3. The summed E-state index contributed by atoms with van der Waals surface area (Å²) in [6.45, 7) is 0. The SMILES string of the molecule is NC(=O)[C@H]1C[C@H](I)[C@H]2C[C@H]1C(=O)O2. The fourth-order valence-electron chi connectivity index (χ4n) is 2.05. The van der Waals surface area contributed by atoms with E-state index in [0.717, 1.165) is 0 Å². The van der Waals surface area contributed by atoms with Crippen molar-refractivity contribution in [3.05, 3.63) is 0 Å². The summed E-state index contributed by atoms with van der Waals surface area (Å²) in [5.41, 5.74) is 5.23. The van der Waals surface area contributed by atoms with Crippen molar-refractivity contribution in [1.29, 1.82) is 0 Å². The number of ether oxygens (including phenoxy) is 1. The number of rotatable bonds is 1. The lowest BCUT2D eigenvalue weighted by atomic mass is 9.79. The molecule has 1 aliphatic heterocycles. The number of esters is 1. The second-order valence-electron chi connectivity index (χ2n) is 3.58. The van der Waals surface area contributed by atoms with Crippen LogP contribution in [0.4, 0.5) is 0 Å². The van der Waals surface area contributed by atoms with E-state index in [4.69, 9.17) is 10.5 Å². The fourth-order valence-corrected chi connectivity index (χ4v) is 3.04. The first-order valence-electron chi connectivity index (χ1n) is 4.23. The largest absolute Gasteiger partial charge is 0.461 e. The topological polar surface area (TPSA) is 69.4 Å². The number of carbonyl (C=O) groups excluding carboxylic acids is 2. The van der Waals surface area contributed by atoms with Crippen molar-refractivity contribution in [3.8, 4) is 0 Å². The summed E-state index contributed by atoms with van der Waals surface area (Å²) in [4.78, 5) is 22.3. The highest BCUT2D eigenvalue weighted by Gasteiger charge is 2.49. The molecule has 1 saturated heterocycles. The standard InChI is InChI=1S/C8H10INO3/c9-5-1-3(7(10)11)4-2-6(5)13-8(4)12/h3-6H,1-2H2,(H2,10,11)/t3-,4+,5-,6+/m0/s1. The van der Waals surface area contributed by atoms with Crippen LogP contribution in [-0.4, -0.2) is 21.9 Å². The van der Waals surface area contributed by atoms with Gasteiger partial charge in [0.05, 0.1) is 11.8 Å². The van der Waals surface area contributed by atoms with Gasteiger partial charge >= 0.3 is 5.97 Å². The van der Waals surface area contributed by atoms with E-state index in [2.05, 4.69) is 22.6 Å². The fraction of sp³-hybridized carbons (Fsp3) is 0.750. The van der Waals surface area contributed by atoms with Crippen LogP contribution in [0.2, 0.25) is 0 Å². The number of hydrogen-bond donors (Lipinski definition) is 1. The molecule has 1 saturated carbocycles. The molecule has 2 N–H and O–H groups in total. The minimum Gasteiger partial charge on any atom is -0.461 e. The Kier molecular flexibility index (Phi) is 2.21. The second-order valence-corrected chi connectivity index (χ2v) is 5.18. The van der Waals surface area contributed by atoms with Gasteiger partial charge in [-0.25, -0.2) is 0 Å². The van der Waals surface area contributed by atoms with Gasteiger partial charge in [-0.2, -0.15) is 0 Å². The average molecular weight is 295 g/mol. The molecule has 13 heavy (non-hydrogen) atoms. The van der Waals surface area contributed by atoms with Crippen LogP contribution in [0.5, 0.6) is 0 Å². The smallest absolute Gasteiger partial charge is 0.310 e. The van der Waals surface area contributed by atoms with E-state index in [1.54, 1.807) is 0 Å². The first-order valence-corrected chi connectivity index (χ1v) is 5.48. The highest BCUT2D eigenvalue weighted by atomic mass is 127. The summed E-state index contributed by atoms with van der Waals surface area (Å²) in [5, 5.41) is 0. The monoisotopic (exact) mass is 295 g/mol. The van der Waals surface area contributed by atoms with Crippen molar-refractivity contribution in [1.82, 2.24) is 0 Å². The Morgan fingerprint density at radius 1 is 1.54 bits per heavy atom. The van der Waals surface area contributed by atoms with Crippen LogP contribution in [0, 0.1) is 11.8 Å². The zero-order chi connectivity index (χ0) is 9.59. The van der Waals surface area contributed by atoms with Crippen molar-refractivity contribution in [3.63, 3.8) is 0 Å². The van der Waals surface area contributed by atoms with Gasteiger partial charge in [0.2, 0.25) is 5.91 Å². The van der Waals surface area contributed by atoms with Gasteiger partial charge in [-0.05, 0) is 12.8 Å². The third-order valence-electron chi connectivity index (χ3n) is 2.79. The molecule has 0 aromatic rings. The predicted octanol–water partition coefficient (Wildman–Crippen LogP) is 0.227. The number of alkyl halides is 1. The van der Waals surface area contributed by atoms with Gasteiger partial charge in [-0.3, -0.25) is 9.59 Å². The van der Waals surface area contributed by atoms with Crippen LogP contribution in [0.25, 0.3) is 0 Å². The van der Waals surface area contributed by atoms with Crippen molar-refractivity contribution in [2.24, 2.45) is 17.6 Å². The molecule has 0 radical (unpaired) electrons. The molecule has 2 fully saturated rings. The van der Waals surface area contributed by atoms with E-state index >= 15 is 0 Å². The molecule has 1 amide bonds. The first kappa shape index (κ1) is 9.23. The molecule has 4 nitrogen and oxygen atoms in total. The van der Waals surface area contributed by atoms with E-state index in [0.29, 0.717) is 12.8 Å². The van der Waals surface area contributed by atoms with Gasteiger partial charge in [0, 0.05) is 3.92 Å². The Balaban J connectivity index is 2.22. The van der Waals surface area contributed by atoms with Crippen molar-refractivity contribution >= 4 is 34.5 Å². The van der Waals surface area contributed by atoms with Crippen molar-refractivity contribution in [2.75, 3.05) is 0 Å². The van der Waals surface area contributed by atoms with Gasteiger partial charge in [-0.15, -0.1) is 0 Å². The number of halogens is 1. The maximum absolute atomic E-state index is 11.3. The predicted molar refractivity (Wildman–Crippen MR) is 53.1 cm³/mol. The van der Waals surface area contributed by atoms with E-state index in [1.165, 1.54) is 0 Å². The first-order chi connectivity index (χ1) is 6.09. The van der Waals surface area contributed by atoms with Gasteiger partial charge < -0.3 is 10.5 Å².